The van der Waals surface area contributed by atoms with Gasteiger partial charge in [0.2, 0.25) is 10.0 Å². The number of furan rings is 1. The number of nitrogens with one attached hydrogen (secondary N) is 2. The first-order chi connectivity index (χ1) is 26.7. The van der Waals surface area contributed by atoms with Crippen LogP contribution in [0.4, 0.5) is 5.69 Å². The Morgan fingerprint density at radius 1 is 0.909 bits per heavy atom. The molecule has 4 aromatic rings. The molecule has 2 N–H and O–H groups in total. The third kappa shape index (κ3) is 13.1. The number of rotatable bonds is 22. The molecule has 1 fully saturated rings. The summed E-state index contributed by atoms with van der Waals surface area (Å²) >= 11 is 0. The molecule has 6 rings (SSSR count). The molecule has 0 saturated heterocycles. The van der Waals surface area contributed by atoms with Crippen LogP contribution < -0.4 is 19.5 Å². The van der Waals surface area contributed by atoms with Gasteiger partial charge in [-0.25, -0.2) is 8.42 Å². The number of para-hydroxylation sites is 1. The molecule has 298 valence electrons. The summed E-state index contributed by atoms with van der Waals surface area (Å²) in [7, 11) is -3.45. The number of fused-ring (bicyclic) bond motifs is 1. The van der Waals surface area contributed by atoms with Crippen LogP contribution in [0.2, 0.25) is 0 Å². The predicted octanol–water partition coefficient (Wildman–Crippen LogP) is 8.99. The van der Waals surface area contributed by atoms with Crippen molar-refractivity contribution in [3.8, 4) is 11.5 Å². The SMILES string of the molecule is CCCCc1oc2ccc(NS(C)(=O)=O)cc2c1C(=O)c1ccc(OCCCN(CCCC)CCCC)cc1.c1ccc(C2CC2)c(OCC2=NCCN2)c1. The Labute approximate surface area is 328 Å². The molecule has 1 aliphatic heterocycles. The van der Waals surface area contributed by atoms with Gasteiger partial charge in [-0.3, -0.25) is 14.5 Å². The maximum Gasteiger partial charge on any atom is 0.229 e. The first-order valence-corrected chi connectivity index (χ1v) is 22.1. The van der Waals surface area contributed by atoms with Gasteiger partial charge in [0.15, 0.2) is 5.78 Å². The summed E-state index contributed by atoms with van der Waals surface area (Å²) in [6.45, 7) is 12.9. The van der Waals surface area contributed by atoms with Crippen molar-refractivity contribution in [2.24, 2.45) is 4.99 Å². The molecule has 1 aromatic heterocycles. The van der Waals surface area contributed by atoms with Crippen LogP contribution in [0.5, 0.6) is 11.5 Å². The Balaban J connectivity index is 0.000000297. The van der Waals surface area contributed by atoms with E-state index in [2.05, 4.69) is 58.9 Å². The molecule has 3 aromatic carbocycles. The molecule has 0 atom stereocenters. The van der Waals surface area contributed by atoms with Gasteiger partial charge in [-0.05, 0) is 112 Å². The fraction of sp³-hybridized carbons (Fsp3) is 0.500. The van der Waals surface area contributed by atoms with Gasteiger partial charge in [-0.2, -0.15) is 0 Å². The number of nitrogens with zero attached hydrogens (tertiary/aromatic N) is 2. The first kappa shape index (κ1) is 41.8. The predicted molar refractivity (Wildman–Crippen MR) is 224 cm³/mol. The number of aryl methyl sites for hydroxylation is 1. The van der Waals surface area contributed by atoms with Gasteiger partial charge in [0.1, 0.15) is 35.3 Å². The largest absolute Gasteiger partial charge is 0.494 e. The summed E-state index contributed by atoms with van der Waals surface area (Å²) in [5.41, 5.74) is 3.35. The average Bonchev–Trinajstić information content (AvgIpc) is 3.77. The standard InChI is InChI=1S/C31H44N2O5S.C13H16N2O/c1-5-8-12-29-30(27-23-25(32-39(4,35)36)15-18-28(27)38-29)31(34)24-13-16-26(17-14-24)37-22-11-21-33(19-9-6-2)20-10-7-3;1-2-4-12(11(3-1)10-5-6-10)16-9-13-14-7-8-15-13/h13-18,23,32H,5-12,19-22H2,1-4H3;1-4,10H,5-9H2,(H,14,15). The number of hydrogen-bond acceptors (Lipinski definition) is 9. The van der Waals surface area contributed by atoms with E-state index >= 15 is 0 Å². The summed E-state index contributed by atoms with van der Waals surface area (Å²) in [5.74, 6) is 3.96. The van der Waals surface area contributed by atoms with Crippen molar-refractivity contribution in [2.45, 2.75) is 90.9 Å². The summed E-state index contributed by atoms with van der Waals surface area (Å²) in [4.78, 5) is 20.5. The number of carbonyl (C=O) groups is 1. The van der Waals surface area contributed by atoms with Crippen molar-refractivity contribution in [3.05, 3.63) is 89.2 Å². The number of anilines is 1. The number of aliphatic imine (C=N–C) groups is 1. The maximum absolute atomic E-state index is 13.7. The molecule has 2 heterocycles. The molecular weight excluding hydrogens is 713 g/mol. The van der Waals surface area contributed by atoms with E-state index in [1.165, 1.54) is 44.1 Å². The molecule has 0 bridgehead atoms. The third-order valence-corrected chi connectivity index (χ3v) is 10.4. The van der Waals surface area contributed by atoms with Crippen molar-refractivity contribution in [2.75, 3.05) is 56.9 Å². The number of ketones is 1. The van der Waals surface area contributed by atoms with E-state index in [1.54, 1.807) is 30.3 Å². The van der Waals surface area contributed by atoms with Gasteiger partial charge < -0.3 is 24.1 Å². The lowest BCUT2D eigenvalue weighted by Crippen LogP contribution is -2.28. The van der Waals surface area contributed by atoms with Crippen molar-refractivity contribution >= 4 is 38.3 Å². The molecular formula is C44H60N4O6S. The topological polar surface area (TPSA) is 122 Å². The van der Waals surface area contributed by atoms with Gasteiger partial charge in [0, 0.05) is 36.1 Å². The zero-order chi connectivity index (χ0) is 39.0. The Hall–Kier alpha value is -4.35. The highest BCUT2D eigenvalue weighted by Gasteiger charge is 2.27. The van der Waals surface area contributed by atoms with Crippen LogP contribution in [0, 0.1) is 0 Å². The van der Waals surface area contributed by atoms with E-state index < -0.39 is 10.0 Å². The molecule has 1 saturated carbocycles. The molecule has 1 aliphatic carbocycles. The Bertz CT molecular complexity index is 1940. The fourth-order valence-corrected chi connectivity index (χ4v) is 7.20. The van der Waals surface area contributed by atoms with Crippen LogP contribution in [-0.2, 0) is 16.4 Å². The second-order valence-corrected chi connectivity index (χ2v) is 16.3. The fourth-order valence-electron chi connectivity index (χ4n) is 6.65. The highest BCUT2D eigenvalue weighted by molar-refractivity contribution is 7.92. The molecule has 11 heteroatoms. The lowest BCUT2D eigenvalue weighted by Gasteiger charge is -2.21. The van der Waals surface area contributed by atoms with Gasteiger partial charge in [0.25, 0.3) is 0 Å². The first-order valence-electron chi connectivity index (χ1n) is 20.2. The van der Waals surface area contributed by atoms with Crippen molar-refractivity contribution < 1.29 is 27.1 Å². The number of unbranched alkanes of at least 4 members (excludes halogenated alkanes) is 3. The van der Waals surface area contributed by atoms with E-state index in [4.69, 9.17) is 13.9 Å². The van der Waals surface area contributed by atoms with Crippen LogP contribution in [0.15, 0.2) is 76.1 Å². The second kappa shape index (κ2) is 21.1. The van der Waals surface area contributed by atoms with Crippen molar-refractivity contribution in [1.82, 2.24) is 10.2 Å². The quantitative estimate of drug-likeness (QED) is 0.0600. The van der Waals surface area contributed by atoms with Crippen molar-refractivity contribution in [1.29, 1.82) is 0 Å². The summed E-state index contributed by atoms with van der Waals surface area (Å²) in [6, 6.07) is 20.6. The highest BCUT2D eigenvalue weighted by Crippen LogP contribution is 2.44. The zero-order valence-corrected chi connectivity index (χ0v) is 34.0. The summed E-state index contributed by atoms with van der Waals surface area (Å²) in [6.07, 6.45) is 12.0. The number of benzene rings is 3. The van der Waals surface area contributed by atoms with Gasteiger partial charge in [-0.1, -0.05) is 58.2 Å². The Kier molecular flexibility index (Phi) is 16.0. The average molecular weight is 773 g/mol. The van der Waals surface area contributed by atoms with Gasteiger partial charge in [-0.15, -0.1) is 0 Å². The Morgan fingerprint density at radius 3 is 2.27 bits per heavy atom. The molecule has 0 radical (unpaired) electrons. The van der Waals surface area contributed by atoms with E-state index in [9.17, 15) is 13.2 Å². The third-order valence-electron chi connectivity index (χ3n) is 9.75. The molecule has 0 amide bonds. The van der Waals surface area contributed by atoms with Crippen LogP contribution >= 0.6 is 0 Å². The van der Waals surface area contributed by atoms with Crippen molar-refractivity contribution in [3.63, 3.8) is 0 Å². The van der Waals surface area contributed by atoms with E-state index in [0.29, 0.717) is 53.2 Å². The number of carbonyl (C=O) groups excluding carboxylic acids is 1. The molecule has 2 aliphatic rings. The van der Waals surface area contributed by atoms with Gasteiger partial charge in [0.05, 0.1) is 25.0 Å². The highest BCUT2D eigenvalue weighted by atomic mass is 32.2. The molecule has 55 heavy (non-hydrogen) atoms. The Morgan fingerprint density at radius 2 is 1.62 bits per heavy atom. The molecule has 0 spiro atoms. The van der Waals surface area contributed by atoms with Crippen LogP contribution in [-0.4, -0.2) is 77.1 Å². The minimum absolute atomic E-state index is 0.148. The monoisotopic (exact) mass is 772 g/mol. The van der Waals surface area contributed by atoms with Gasteiger partial charge >= 0.3 is 0 Å². The molecule has 0 unspecified atom stereocenters. The van der Waals surface area contributed by atoms with E-state index in [-0.39, 0.29) is 5.78 Å². The smallest absolute Gasteiger partial charge is 0.229 e. The van der Waals surface area contributed by atoms with Crippen LogP contribution in [0.3, 0.4) is 0 Å². The lowest BCUT2D eigenvalue weighted by atomic mass is 9.98. The van der Waals surface area contributed by atoms with E-state index in [0.717, 1.165) is 81.5 Å². The lowest BCUT2D eigenvalue weighted by molar-refractivity contribution is 0.103. The number of ether oxygens (including phenoxy) is 2. The minimum atomic E-state index is -3.45. The summed E-state index contributed by atoms with van der Waals surface area (Å²) in [5, 5.41) is 3.82. The van der Waals surface area contributed by atoms with E-state index in [1.807, 2.05) is 18.2 Å². The second-order valence-electron chi connectivity index (χ2n) is 14.5. The van der Waals surface area contributed by atoms with Crippen LogP contribution in [0.25, 0.3) is 11.0 Å². The maximum atomic E-state index is 13.7. The minimum Gasteiger partial charge on any atom is -0.494 e. The normalized spacial score (nSPS) is 13.9. The number of sulfonamides is 1. The molecule has 10 nitrogen and oxygen atoms in total. The number of hydrogen-bond donors (Lipinski definition) is 2. The van der Waals surface area contributed by atoms with Crippen LogP contribution in [0.1, 0.15) is 112 Å². The zero-order valence-electron chi connectivity index (χ0n) is 33.2. The number of amidine groups is 1. The summed E-state index contributed by atoms with van der Waals surface area (Å²) < 4.78 is 43.9.